The summed E-state index contributed by atoms with van der Waals surface area (Å²) in [5.41, 5.74) is 2.66. The van der Waals surface area contributed by atoms with Crippen LogP contribution in [0.3, 0.4) is 0 Å². The van der Waals surface area contributed by atoms with Gasteiger partial charge in [-0.15, -0.1) is 0 Å². The van der Waals surface area contributed by atoms with Gasteiger partial charge in [-0.25, -0.2) is 4.99 Å². The van der Waals surface area contributed by atoms with Gasteiger partial charge in [0.25, 0.3) is 5.91 Å². The lowest BCUT2D eigenvalue weighted by molar-refractivity contribution is -0.117. The van der Waals surface area contributed by atoms with Crippen LogP contribution in [0.2, 0.25) is 0 Å². The average Bonchev–Trinajstić information content (AvgIpc) is 2.49. The maximum Gasteiger partial charge on any atom is 0.277 e. The standard InChI is InChI=1S/C16H14Br3NO2/c1-8-4-6-10(7-5-8)15(22)20-12-11(17)9(2)14(21)16(3,19)13(12)18/h4-7,13H,1-3H3. The summed E-state index contributed by atoms with van der Waals surface area (Å²) < 4.78 is -0.266. The van der Waals surface area contributed by atoms with Crippen molar-refractivity contribution in [3.05, 3.63) is 45.4 Å². The van der Waals surface area contributed by atoms with Crippen LogP contribution < -0.4 is 0 Å². The third-order valence-electron chi connectivity index (χ3n) is 3.58. The Kier molecular flexibility index (Phi) is 5.24. The van der Waals surface area contributed by atoms with Crippen molar-refractivity contribution in [1.29, 1.82) is 0 Å². The number of carbonyl (C=O) groups is 2. The molecule has 22 heavy (non-hydrogen) atoms. The lowest BCUT2D eigenvalue weighted by Crippen LogP contribution is -2.47. The van der Waals surface area contributed by atoms with Crippen LogP contribution in [0.1, 0.15) is 29.8 Å². The molecule has 0 aromatic heterocycles. The Labute approximate surface area is 154 Å². The van der Waals surface area contributed by atoms with Crippen LogP contribution >= 0.6 is 47.8 Å². The van der Waals surface area contributed by atoms with Gasteiger partial charge in [-0.3, -0.25) is 9.59 Å². The molecule has 0 heterocycles. The maximum atomic E-state index is 12.4. The van der Waals surface area contributed by atoms with Gasteiger partial charge in [0.1, 0.15) is 4.32 Å². The molecule has 6 heteroatoms. The van der Waals surface area contributed by atoms with Gasteiger partial charge in [0.15, 0.2) is 5.78 Å². The van der Waals surface area contributed by atoms with Crippen LogP contribution in [0.4, 0.5) is 0 Å². The molecule has 0 aliphatic heterocycles. The second-order valence-electron chi connectivity index (χ2n) is 5.37. The molecule has 2 atom stereocenters. The Morgan fingerprint density at radius 3 is 2.32 bits per heavy atom. The number of nitrogens with zero attached hydrogens (tertiary/aromatic N) is 1. The van der Waals surface area contributed by atoms with E-state index in [0.717, 1.165) is 5.56 Å². The van der Waals surface area contributed by atoms with Gasteiger partial charge in [0.2, 0.25) is 0 Å². The first-order valence-corrected chi connectivity index (χ1v) is 9.10. The molecule has 0 fully saturated rings. The number of aliphatic imine (C=N–C) groups is 1. The molecule has 2 unspecified atom stereocenters. The maximum absolute atomic E-state index is 12.4. The third-order valence-corrected chi connectivity index (χ3v) is 7.36. The predicted octanol–water partition coefficient (Wildman–Crippen LogP) is 4.74. The molecule has 0 spiro atoms. The minimum Gasteiger partial charge on any atom is -0.293 e. The molecule has 1 amide bonds. The predicted molar refractivity (Wildman–Crippen MR) is 99.6 cm³/mol. The zero-order chi connectivity index (χ0) is 16.7. The number of Topliss-reactive ketones (excluding diaryl/α,β-unsaturated/α-hetero) is 1. The number of rotatable bonds is 1. The van der Waals surface area contributed by atoms with Crippen molar-refractivity contribution >= 4 is 65.2 Å². The first-order valence-electron chi connectivity index (χ1n) is 6.60. The van der Waals surface area contributed by atoms with Crippen LogP contribution in [-0.2, 0) is 4.79 Å². The summed E-state index contributed by atoms with van der Waals surface area (Å²) in [6, 6.07) is 7.23. The highest BCUT2D eigenvalue weighted by Gasteiger charge is 2.46. The summed E-state index contributed by atoms with van der Waals surface area (Å²) in [5.74, 6) is -0.371. The van der Waals surface area contributed by atoms with Gasteiger partial charge in [-0.05, 0) is 48.8 Å². The van der Waals surface area contributed by atoms with E-state index >= 15 is 0 Å². The molecule has 0 N–H and O–H groups in total. The van der Waals surface area contributed by atoms with Crippen molar-refractivity contribution in [2.75, 3.05) is 0 Å². The fraction of sp³-hybridized carbons (Fsp3) is 0.312. The molecule has 3 nitrogen and oxygen atoms in total. The number of aryl methyl sites for hydroxylation is 1. The smallest absolute Gasteiger partial charge is 0.277 e. The molecule has 0 saturated heterocycles. The van der Waals surface area contributed by atoms with Crippen molar-refractivity contribution in [2.24, 2.45) is 4.99 Å². The first kappa shape index (κ1) is 17.8. The SMILES string of the molecule is CC1=C(Br)C(=NC(=O)c2ccc(C)cc2)C(Br)C(C)(Br)C1=O. The quantitative estimate of drug-likeness (QED) is 0.532. The molecule has 2 rings (SSSR count). The Bertz CT molecular complexity index is 703. The van der Waals surface area contributed by atoms with Crippen molar-refractivity contribution in [3.63, 3.8) is 0 Å². The van der Waals surface area contributed by atoms with E-state index in [0.29, 0.717) is 21.3 Å². The Hall–Kier alpha value is -0.590. The molecule has 1 aliphatic carbocycles. The van der Waals surface area contributed by atoms with Crippen LogP contribution in [0.25, 0.3) is 0 Å². The van der Waals surface area contributed by atoms with Gasteiger partial charge in [0.05, 0.1) is 10.5 Å². The number of allylic oxidation sites excluding steroid dienone is 2. The van der Waals surface area contributed by atoms with Crippen molar-refractivity contribution < 1.29 is 9.59 Å². The number of halogens is 3. The summed E-state index contributed by atoms with van der Waals surface area (Å²) >= 11 is 10.3. The molecular weight excluding hydrogens is 478 g/mol. The number of alkyl halides is 2. The molecule has 0 bridgehead atoms. The minimum absolute atomic E-state index is 0.0389. The van der Waals surface area contributed by atoms with Gasteiger partial charge in [-0.2, -0.15) is 0 Å². The van der Waals surface area contributed by atoms with E-state index in [-0.39, 0.29) is 11.7 Å². The molecular formula is C16H14Br3NO2. The lowest BCUT2D eigenvalue weighted by Gasteiger charge is -2.33. The summed E-state index contributed by atoms with van der Waals surface area (Å²) in [6.45, 7) is 5.45. The zero-order valence-electron chi connectivity index (χ0n) is 12.3. The number of amides is 1. The molecule has 1 aliphatic rings. The highest BCUT2D eigenvalue weighted by atomic mass is 79.9. The largest absolute Gasteiger partial charge is 0.293 e. The Balaban J connectivity index is 2.47. The number of hydrogen-bond donors (Lipinski definition) is 0. The van der Waals surface area contributed by atoms with Crippen molar-refractivity contribution in [1.82, 2.24) is 0 Å². The van der Waals surface area contributed by atoms with E-state index in [2.05, 4.69) is 52.8 Å². The number of hydrogen-bond acceptors (Lipinski definition) is 2. The van der Waals surface area contributed by atoms with Gasteiger partial charge >= 0.3 is 0 Å². The van der Waals surface area contributed by atoms with Crippen molar-refractivity contribution in [2.45, 2.75) is 29.9 Å². The van der Waals surface area contributed by atoms with E-state index in [1.807, 2.05) is 19.1 Å². The molecule has 1 aromatic rings. The Morgan fingerprint density at radius 1 is 1.23 bits per heavy atom. The van der Waals surface area contributed by atoms with E-state index in [1.54, 1.807) is 26.0 Å². The van der Waals surface area contributed by atoms with Crippen LogP contribution in [0.15, 0.2) is 39.3 Å². The van der Waals surface area contributed by atoms with Gasteiger partial charge < -0.3 is 0 Å². The lowest BCUT2D eigenvalue weighted by atomic mass is 9.88. The first-order chi connectivity index (χ1) is 10.2. The second kappa shape index (κ2) is 6.49. The second-order valence-corrected chi connectivity index (χ2v) is 8.73. The normalized spacial score (nSPS) is 27.5. The van der Waals surface area contributed by atoms with Crippen LogP contribution in [0, 0.1) is 6.92 Å². The highest BCUT2D eigenvalue weighted by Crippen LogP contribution is 2.40. The van der Waals surface area contributed by atoms with Gasteiger partial charge in [-0.1, -0.05) is 49.6 Å². The van der Waals surface area contributed by atoms with E-state index < -0.39 is 9.15 Å². The molecule has 1 aromatic carbocycles. The van der Waals surface area contributed by atoms with Gasteiger partial charge in [0, 0.05) is 15.6 Å². The summed E-state index contributed by atoms with van der Waals surface area (Å²) in [5, 5.41) is 0. The van der Waals surface area contributed by atoms with E-state index in [1.165, 1.54) is 0 Å². The fourth-order valence-electron chi connectivity index (χ4n) is 2.12. The monoisotopic (exact) mass is 489 g/mol. The third kappa shape index (κ3) is 3.19. The Morgan fingerprint density at radius 2 is 1.77 bits per heavy atom. The number of ketones is 1. The van der Waals surface area contributed by atoms with Crippen LogP contribution in [-0.4, -0.2) is 26.6 Å². The average molecular weight is 492 g/mol. The van der Waals surface area contributed by atoms with E-state index in [4.69, 9.17) is 0 Å². The summed E-state index contributed by atoms with van der Waals surface area (Å²) in [6.07, 6.45) is 0. The topological polar surface area (TPSA) is 46.5 Å². The number of carbonyl (C=O) groups excluding carboxylic acids is 2. The highest BCUT2D eigenvalue weighted by molar-refractivity contribution is 9.13. The summed E-state index contributed by atoms with van der Waals surface area (Å²) in [7, 11) is 0. The van der Waals surface area contributed by atoms with Crippen LogP contribution in [0.5, 0.6) is 0 Å². The van der Waals surface area contributed by atoms with E-state index in [9.17, 15) is 9.59 Å². The number of benzene rings is 1. The molecule has 116 valence electrons. The summed E-state index contributed by atoms with van der Waals surface area (Å²) in [4.78, 5) is 28.5. The minimum atomic E-state index is -0.833. The van der Waals surface area contributed by atoms with Crippen molar-refractivity contribution in [3.8, 4) is 0 Å². The fourth-order valence-corrected chi connectivity index (χ4v) is 3.98. The molecule has 0 radical (unpaired) electrons. The molecule has 0 saturated carbocycles. The zero-order valence-corrected chi connectivity index (χ0v) is 17.0.